The summed E-state index contributed by atoms with van der Waals surface area (Å²) in [5.74, 6) is -0.00334. The Hall–Kier alpha value is -1.28. The molecule has 20 heavy (non-hydrogen) atoms. The molecule has 1 aliphatic carbocycles. The number of carbonyl (C=O) groups excluding carboxylic acids is 1. The van der Waals surface area contributed by atoms with Crippen LogP contribution in [0.15, 0.2) is 9.95 Å². The Morgan fingerprint density at radius 3 is 3.05 bits per heavy atom. The van der Waals surface area contributed by atoms with Gasteiger partial charge in [-0.25, -0.2) is 9.89 Å². The second kappa shape index (κ2) is 6.94. The number of nitrogens with zero attached hydrogens (tertiary/aromatic N) is 2. The molecule has 2 N–H and O–H groups in total. The third-order valence-corrected chi connectivity index (χ3v) is 4.12. The van der Waals surface area contributed by atoms with Crippen molar-refractivity contribution < 1.29 is 9.53 Å². The summed E-state index contributed by atoms with van der Waals surface area (Å²) in [7, 11) is 1.62. The first-order valence-electron chi connectivity index (χ1n) is 6.73. The molecule has 1 amide bonds. The number of rotatable bonds is 8. The second-order valence-electron chi connectivity index (χ2n) is 4.85. The maximum atomic E-state index is 11.9. The van der Waals surface area contributed by atoms with E-state index in [1.54, 1.807) is 11.7 Å². The van der Waals surface area contributed by atoms with E-state index in [1.165, 1.54) is 11.8 Å². The third kappa shape index (κ3) is 4.11. The first-order chi connectivity index (χ1) is 9.61. The number of hydrogen-bond donors (Lipinski definition) is 2. The third-order valence-electron chi connectivity index (χ3n) is 3.03. The zero-order valence-electron chi connectivity index (χ0n) is 11.7. The van der Waals surface area contributed by atoms with E-state index in [4.69, 9.17) is 4.74 Å². The Morgan fingerprint density at radius 2 is 2.40 bits per heavy atom. The van der Waals surface area contributed by atoms with Crippen LogP contribution in [0.5, 0.6) is 0 Å². The number of carbonyl (C=O) groups is 1. The standard InChI is InChI=1S/C12H20N4O3S/c1-8(10(17)13-9-4-5-9)20-12-15-14-11(18)16(12)6-3-7-19-2/h8-9H,3-7H2,1-2H3,(H,13,17)(H,14,18)/t8-/m0/s1. The SMILES string of the molecule is COCCCn1c(S[C@@H](C)C(=O)NC2CC2)n[nH]c1=O. The predicted molar refractivity (Wildman–Crippen MR) is 75.8 cm³/mol. The first-order valence-corrected chi connectivity index (χ1v) is 7.61. The van der Waals surface area contributed by atoms with Crippen LogP contribution in [0.2, 0.25) is 0 Å². The maximum absolute atomic E-state index is 11.9. The van der Waals surface area contributed by atoms with Crippen LogP contribution >= 0.6 is 11.8 Å². The van der Waals surface area contributed by atoms with Gasteiger partial charge in [-0.05, 0) is 26.2 Å². The van der Waals surface area contributed by atoms with Crippen LogP contribution in [0.3, 0.4) is 0 Å². The van der Waals surface area contributed by atoms with E-state index in [0.29, 0.717) is 24.3 Å². The smallest absolute Gasteiger partial charge is 0.343 e. The number of hydrogen-bond acceptors (Lipinski definition) is 5. The van der Waals surface area contributed by atoms with Gasteiger partial charge in [-0.2, -0.15) is 0 Å². The fourth-order valence-electron chi connectivity index (χ4n) is 1.72. The molecule has 1 atom stereocenters. The lowest BCUT2D eigenvalue weighted by molar-refractivity contribution is -0.120. The van der Waals surface area contributed by atoms with Crippen LogP contribution in [0.4, 0.5) is 0 Å². The zero-order valence-corrected chi connectivity index (χ0v) is 12.5. The van der Waals surface area contributed by atoms with Gasteiger partial charge < -0.3 is 10.1 Å². The van der Waals surface area contributed by atoms with Gasteiger partial charge in [0.15, 0.2) is 5.16 Å². The van der Waals surface area contributed by atoms with Crippen LogP contribution in [-0.2, 0) is 16.1 Å². The molecule has 0 spiro atoms. The average molecular weight is 300 g/mol. The van der Waals surface area contributed by atoms with E-state index < -0.39 is 0 Å². The molecule has 0 aromatic carbocycles. The van der Waals surface area contributed by atoms with E-state index in [1.807, 2.05) is 6.92 Å². The van der Waals surface area contributed by atoms with Gasteiger partial charge in [0.25, 0.3) is 0 Å². The predicted octanol–water partition coefficient (Wildman–Crippen LogP) is 0.367. The zero-order chi connectivity index (χ0) is 14.5. The van der Waals surface area contributed by atoms with Crippen LogP contribution in [-0.4, -0.2) is 45.7 Å². The number of methoxy groups -OCH3 is 1. The van der Waals surface area contributed by atoms with E-state index in [9.17, 15) is 9.59 Å². The average Bonchev–Trinajstić information content (AvgIpc) is 3.17. The molecule has 0 unspecified atom stereocenters. The summed E-state index contributed by atoms with van der Waals surface area (Å²) < 4.78 is 6.52. The Morgan fingerprint density at radius 1 is 1.65 bits per heavy atom. The van der Waals surface area contributed by atoms with Crippen molar-refractivity contribution in [2.45, 2.75) is 49.2 Å². The van der Waals surface area contributed by atoms with Crippen LogP contribution in [0.1, 0.15) is 26.2 Å². The normalized spacial score (nSPS) is 16.1. The first kappa shape index (κ1) is 15.1. The topological polar surface area (TPSA) is 89.0 Å². The monoisotopic (exact) mass is 300 g/mol. The molecule has 0 radical (unpaired) electrons. The minimum atomic E-state index is -0.271. The molecule has 0 aliphatic heterocycles. The lowest BCUT2D eigenvalue weighted by Gasteiger charge is -2.11. The van der Waals surface area contributed by atoms with Gasteiger partial charge >= 0.3 is 5.69 Å². The summed E-state index contributed by atoms with van der Waals surface area (Å²) in [5.41, 5.74) is -0.251. The van der Waals surface area contributed by atoms with Crippen molar-refractivity contribution in [1.29, 1.82) is 0 Å². The molecule has 7 nitrogen and oxygen atoms in total. The van der Waals surface area contributed by atoms with Gasteiger partial charge in [-0.1, -0.05) is 11.8 Å². The van der Waals surface area contributed by atoms with Crippen molar-refractivity contribution >= 4 is 17.7 Å². The Balaban J connectivity index is 1.93. The van der Waals surface area contributed by atoms with Crippen molar-refractivity contribution in [3.8, 4) is 0 Å². The van der Waals surface area contributed by atoms with Crippen molar-refractivity contribution in [3.05, 3.63) is 10.5 Å². The highest BCUT2D eigenvalue weighted by molar-refractivity contribution is 8.00. The molecule has 1 aliphatic rings. The number of nitrogens with one attached hydrogen (secondary N) is 2. The molecule has 1 saturated carbocycles. The fraction of sp³-hybridized carbons (Fsp3) is 0.750. The number of thioether (sulfide) groups is 1. The van der Waals surface area contributed by atoms with E-state index in [2.05, 4.69) is 15.5 Å². The molecule has 2 rings (SSSR count). The molecular formula is C12H20N4O3S. The van der Waals surface area contributed by atoms with Gasteiger partial charge in [0.05, 0.1) is 5.25 Å². The van der Waals surface area contributed by atoms with Crippen LogP contribution in [0, 0.1) is 0 Å². The largest absolute Gasteiger partial charge is 0.385 e. The molecule has 0 bridgehead atoms. The molecule has 1 heterocycles. The number of ether oxygens (including phenoxy) is 1. The highest BCUT2D eigenvalue weighted by Gasteiger charge is 2.26. The van der Waals surface area contributed by atoms with Gasteiger partial charge in [-0.3, -0.25) is 9.36 Å². The van der Waals surface area contributed by atoms with Crippen molar-refractivity contribution in [1.82, 2.24) is 20.1 Å². The molecular weight excluding hydrogens is 280 g/mol. The minimum absolute atomic E-state index is 0.00334. The summed E-state index contributed by atoms with van der Waals surface area (Å²) in [5, 5.41) is 9.63. The van der Waals surface area contributed by atoms with E-state index in [0.717, 1.165) is 19.3 Å². The highest BCUT2D eigenvalue weighted by atomic mass is 32.2. The summed E-state index contributed by atoms with van der Waals surface area (Å²) >= 11 is 1.29. The van der Waals surface area contributed by atoms with Gasteiger partial charge in [0.2, 0.25) is 5.91 Å². The van der Waals surface area contributed by atoms with Gasteiger partial charge in [0.1, 0.15) is 0 Å². The molecule has 112 valence electrons. The maximum Gasteiger partial charge on any atom is 0.343 e. The van der Waals surface area contributed by atoms with Crippen molar-refractivity contribution in [2.24, 2.45) is 0 Å². The molecule has 1 aromatic heterocycles. The molecule has 0 saturated heterocycles. The highest BCUT2D eigenvalue weighted by Crippen LogP contribution is 2.23. The number of amides is 1. The van der Waals surface area contributed by atoms with Crippen LogP contribution < -0.4 is 11.0 Å². The van der Waals surface area contributed by atoms with E-state index >= 15 is 0 Å². The number of aromatic amines is 1. The fourth-order valence-corrected chi connectivity index (χ4v) is 2.61. The van der Waals surface area contributed by atoms with Gasteiger partial charge in [-0.15, -0.1) is 5.10 Å². The Kier molecular flexibility index (Phi) is 5.24. The number of aromatic nitrogens is 3. The minimum Gasteiger partial charge on any atom is -0.385 e. The lowest BCUT2D eigenvalue weighted by Crippen LogP contribution is -2.32. The van der Waals surface area contributed by atoms with Crippen LogP contribution in [0.25, 0.3) is 0 Å². The molecule has 1 aromatic rings. The summed E-state index contributed by atoms with van der Waals surface area (Å²) in [4.78, 5) is 23.6. The van der Waals surface area contributed by atoms with Crippen molar-refractivity contribution in [3.63, 3.8) is 0 Å². The van der Waals surface area contributed by atoms with Crippen molar-refractivity contribution in [2.75, 3.05) is 13.7 Å². The molecule has 1 fully saturated rings. The van der Waals surface area contributed by atoms with E-state index in [-0.39, 0.29) is 16.8 Å². The molecule has 8 heteroatoms. The Labute approximate surface area is 121 Å². The van der Waals surface area contributed by atoms with Gasteiger partial charge in [0, 0.05) is 26.3 Å². The lowest BCUT2D eigenvalue weighted by atomic mass is 10.4. The Bertz CT molecular complexity index is 509. The summed E-state index contributed by atoms with van der Waals surface area (Å²) in [6.07, 6.45) is 2.85. The number of H-pyrrole nitrogens is 1. The summed E-state index contributed by atoms with van der Waals surface area (Å²) in [6.45, 7) is 2.93. The quantitative estimate of drug-likeness (QED) is 0.535. The summed E-state index contributed by atoms with van der Waals surface area (Å²) in [6, 6.07) is 0.341. The second-order valence-corrected chi connectivity index (χ2v) is 6.16.